The SMILES string of the molecule is CCn1nc(-c2cccc(C)c2)cc1C(=O)O. The van der Waals surface area contributed by atoms with Crippen molar-refractivity contribution < 1.29 is 9.90 Å². The van der Waals surface area contributed by atoms with Crippen LogP contribution in [-0.2, 0) is 6.54 Å². The molecule has 1 heterocycles. The minimum Gasteiger partial charge on any atom is -0.477 e. The molecule has 4 nitrogen and oxygen atoms in total. The van der Waals surface area contributed by atoms with E-state index in [4.69, 9.17) is 5.11 Å². The summed E-state index contributed by atoms with van der Waals surface area (Å²) in [4.78, 5) is 11.0. The largest absolute Gasteiger partial charge is 0.477 e. The number of carbonyl (C=O) groups is 1. The van der Waals surface area contributed by atoms with Crippen LogP contribution in [0.5, 0.6) is 0 Å². The van der Waals surface area contributed by atoms with E-state index in [1.165, 1.54) is 4.68 Å². The van der Waals surface area contributed by atoms with Crippen molar-refractivity contribution >= 4 is 5.97 Å². The van der Waals surface area contributed by atoms with Crippen molar-refractivity contribution in [1.29, 1.82) is 0 Å². The highest BCUT2D eigenvalue weighted by atomic mass is 16.4. The molecule has 0 amide bonds. The lowest BCUT2D eigenvalue weighted by atomic mass is 10.1. The lowest BCUT2D eigenvalue weighted by molar-refractivity contribution is 0.0683. The highest BCUT2D eigenvalue weighted by Gasteiger charge is 2.13. The van der Waals surface area contributed by atoms with Crippen LogP contribution in [0.15, 0.2) is 30.3 Å². The van der Waals surface area contributed by atoms with Gasteiger partial charge in [0.2, 0.25) is 0 Å². The number of aromatic nitrogens is 2. The zero-order valence-electron chi connectivity index (χ0n) is 9.84. The zero-order valence-corrected chi connectivity index (χ0v) is 9.84. The Bertz CT molecular complexity index is 558. The van der Waals surface area contributed by atoms with Crippen LogP contribution >= 0.6 is 0 Å². The van der Waals surface area contributed by atoms with E-state index in [0.717, 1.165) is 11.1 Å². The monoisotopic (exact) mass is 230 g/mol. The number of aryl methyl sites for hydroxylation is 2. The molecular formula is C13H14N2O2. The molecule has 17 heavy (non-hydrogen) atoms. The van der Waals surface area contributed by atoms with E-state index in [1.54, 1.807) is 6.07 Å². The maximum atomic E-state index is 11.0. The molecule has 1 aromatic carbocycles. The fraction of sp³-hybridized carbons (Fsp3) is 0.231. The van der Waals surface area contributed by atoms with Gasteiger partial charge in [-0.1, -0.05) is 23.8 Å². The summed E-state index contributed by atoms with van der Waals surface area (Å²) in [6.45, 7) is 4.42. The van der Waals surface area contributed by atoms with E-state index in [9.17, 15) is 4.79 Å². The Labute approximate surface area is 99.5 Å². The Hall–Kier alpha value is -2.10. The lowest BCUT2D eigenvalue weighted by Gasteiger charge is -1.99. The minimum atomic E-state index is -0.946. The predicted octanol–water partition coefficient (Wildman–Crippen LogP) is 2.58. The normalized spacial score (nSPS) is 10.5. The number of hydrogen-bond donors (Lipinski definition) is 1. The van der Waals surface area contributed by atoms with Crippen molar-refractivity contribution in [3.63, 3.8) is 0 Å². The standard InChI is InChI=1S/C13H14N2O2/c1-3-15-12(13(16)17)8-11(14-15)10-6-4-5-9(2)7-10/h4-8H,3H2,1-2H3,(H,16,17). The highest BCUT2D eigenvalue weighted by Crippen LogP contribution is 2.20. The van der Waals surface area contributed by atoms with Gasteiger partial charge in [0.05, 0.1) is 5.69 Å². The number of carboxylic acids is 1. The number of nitrogens with zero attached hydrogens (tertiary/aromatic N) is 2. The van der Waals surface area contributed by atoms with Crippen LogP contribution in [0.2, 0.25) is 0 Å². The molecule has 1 N–H and O–H groups in total. The van der Waals surface area contributed by atoms with E-state index < -0.39 is 5.97 Å². The second-order valence-corrected chi connectivity index (χ2v) is 3.91. The molecule has 0 atom stereocenters. The van der Waals surface area contributed by atoms with Gasteiger partial charge in [-0.3, -0.25) is 4.68 Å². The van der Waals surface area contributed by atoms with Crippen LogP contribution in [0.1, 0.15) is 23.0 Å². The van der Waals surface area contributed by atoms with Crippen molar-refractivity contribution in [3.05, 3.63) is 41.6 Å². The van der Waals surface area contributed by atoms with Crippen molar-refractivity contribution in [2.24, 2.45) is 0 Å². The van der Waals surface area contributed by atoms with Gasteiger partial charge < -0.3 is 5.11 Å². The lowest BCUT2D eigenvalue weighted by Crippen LogP contribution is -2.07. The van der Waals surface area contributed by atoms with Gasteiger partial charge in [0, 0.05) is 12.1 Å². The second kappa shape index (κ2) is 4.41. The van der Waals surface area contributed by atoms with Gasteiger partial charge in [0.15, 0.2) is 0 Å². The fourth-order valence-corrected chi connectivity index (χ4v) is 1.78. The Kier molecular flexibility index (Phi) is 2.95. The fourth-order valence-electron chi connectivity index (χ4n) is 1.78. The summed E-state index contributed by atoms with van der Waals surface area (Å²) < 4.78 is 1.50. The van der Waals surface area contributed by atoms with Gasteiger partial charge in [0.25, 0.3) is 0 Å². The molecule has 0 bridgehead atoms. The van der Waals surface area contributed by atoms with Crippen LogP contribution in [0.25, 0.3) is 11.3 Å². The summed E-state index contributed by atoms with van der Waals surface area (Å²) in [7, 11) is 0. The van der Waals surface area contributed by atoms with Gasteiger partial charge in [-0.2, -0.15) is 5.10 Å². The Morgan fingerprint density at radius 3 is 2.71 bits per heavy atom. The molecule has 0 saturated heterocycles. The number of benzene rings is 1. The first-order valence-corrected chi connectivity index (χ1v) is 5.50. The topological polar surface area (TPSA) is 55.1 Å². The summed E-state index contributed by atoms with van der Waals surface area (Å²) >= 11 is 0. The molecule has 4 heteroatoms. The van der Waals surface area contributed by atoms with E-state index in [2.05, 4.69) is 5.10 Å². The van der Waals surface area contributed by atoms with Crippen LogP contribution in [0.3, 0.4) is 0 Å². The summed E-state index contributed by atoms with van der Waals surface area (Å²) in [5.74, 6) is -0.946. The van der Waals surface area contributed by atoms with Gasteiger partial charge >= 0.3 is 5.97 Å². The van der Waals surface area contributed by atoms with E-state index >= 15 is 0 Å². The van der Waals surface area contributed by atoms with Gasteiger partial charge in [-0.05, 0) is 26.0 Å². The third-order valence-electron chi connectivity index (χ3n) is 2.61. The van der Waals surface area contributed by atoms with E-state index in [1.807, 2.05) is 38.1 Å². The van der Waals surface area contributed by atoms with E-state index in [-0.39, 0.29) is 5.69 Å². The first kappa shape index (κ1) is 11.4. The summed E-state index contributed by atoms with van der Waals surface area (Å²) in [6.07, 6.45) is 0. The molecule has 0 aliphatic carbocycles. The molecule has 0 aliphatic heterocycles. The highest BCUT2D eigenvalue weighted by molar-refractivity contribution is 5.87. The maximum Gasteiger partial charge on any atom is 0.354 e. The summed E-state index contributed by atoms with van der Waals surface area (Å²) in [6, 6.07) is 9.48. The first-order chi connectivity index (χ1) is 8.11. The number of rotatable bonds is 3. The molecule has 0 saturated carbocycles. The number of hydrogen-bond acceptors (Lipinski definition) is 2. The smallest absolute Gasteiger partial charge is 0.354 e. The maximum absolute atomic E-state index is 11.0. The second-order valence-electron chi connectivity index (χ2n) is 3.91. The Morgan fingerprint density at radius 1 is 1.41 bits per heavy atom. The Morgan fingerprint density at radius 2 is 2.18 bits per heavy atom. The van der Waals surface area contributed by atoms with Crippen molar-refractivity contribution in [3.8, 4) is 11.3 Å². The zero-order chi connectivity index (χ0) is 12.4. The van der Waals surface area contributed by atoms with Crippen LogP contribution < -0.4 is 0 Å². The molecule has 0 aliphatic rings. The van der Waals surface area contributed by atoms with Crippen molar-refractivity contribution in [2.75, 3.05) is 0 Å². The number of carboxylic acid groups (broad SMARTS) is 1. The van der Waals surface area contributed by atoms with Crippen LogP contribution in [0.4, 0.5) is 0 Å². The predicted molar refractivity (Wildman–Crippen MR) is 65.0 cm³/mol. The molecule has 88 valence electrons. The number of aromatic carboxylic acids is 1. The Balaban J connectivity index is 2.50. The molecule has 1 aromatic heterocycles. The molecule has 2 aromatic rings. The van der Waals surface area contributed by atoms with Gasteiger partial charge in [-0.15, -0.1) is 0 Å². The summed E-state index contributed by atoms with van der Waals surface area (Å²) in [5, 5.41) is 13.3. The van der Waals surface area contributed by atoms with Crippen molar-refractivity contribution in [2.45, 2.75) is 20.4 Å². The third-order valence-corrected chi connectivity index (χ3v) is 2.61. The van der Waals surface area contributed by atoms with Gasteiger partial charge in [-0.25, -0.2) is 4.79 Å². The molecule has 0 unspecified atom stereocenters. The molecule has 0 radical (unpaired) electrons. The minimum absolute atomic E-state index is 0.226. The molecule has 0 fully saturated rings. The average Bonchev–Trinajstić information content (AvgIpc) is 2.73. The molecular weight excluding hydrogens is 216 g/mol. The summed E-state index contributed by atoms with van der Waals surface area (Å²) in [5.41, 5.74) is 3.00. The first-order valence-electron chi connectivity index (χ1n) is 5.50. The molecule has 0 spiro atoms. The third kappa shape index (κ3) is 2.20. The average molecular weight is 230 g/mol. The van der Waals surface area contributed by atoms with E-state index in [0.29, 0.717) is 12.2 Å². The van der Waals surface area contributed by atoms with Crippen molar-refractivity contribution in [1.82, 2.24) is 9.78 Å². The van der Waals surface area contributed by atoms with Crippen LogP contribution in [-0.4, -0.2) is 20.9 Å². The van der Waals surface area contributed by atoms with Crippen LogP contribution in [0, 0.1) is 6.92 Å². The van der Waals surface area contributed by atoms with Gasteiger partial charge in [0.1, 0.15) is 5.69 Å². The quantitative estimate of drug-likeness (QED) is 0.881. The molecule has 2 rings (SSSR count).